The number of para-hydroxylation sites is 1. The van der Waals surface area contributed by atoms with Crippen molar-refractivity contribution in [3.05, 3.63) is 52.2 Å². The molecule has 2 saturated heterocycles. The largest absolute Gasteiger partial charge is 0.373 e. The zero-order chi connectivity index (χ0) is 21.8. The van der Waals surface area contributed by atoms with Crippen LogP contribution >= 0.6 is 11.3 Å². The molecule has 2 atom stereocenters. The lowest BCUT2D eigenvalue weighted by atomic mass is 9.95. The van der Waals surface area contributed by atoms with Gasteiger partial charge in [-0.3, -0.25) is 14.5 Å². The van der Waals surface area contributed by atoms with Crippen molar-refractivity contribution in [2.45, 2.75) is 38.9 Å². The van der Waals surface area contributed by atoms with Crippen molar-refractivity contribution in [3.8, 4) is 0 Å². The van der Waals surface area contributed by atoms with Crippen LogP contribution in [0, 0.1) is 5.92 Å². The van der Waals surface area contributed by atoms with Crippen LogP contribution < -0.4 is 5.32 Å². The number of nitrogens with zero attached hydrogens (tertiary/aromatic N) is 2. The Morgan fingerprint density at radius 1 is 1.10 bits per heavy atom. The summed E-state index contributed by atoms with van der Waals surface area (Å²) >= 11 is 1.48. The van der Waals surface area contributed by atoms with E-state index in [1.807, 2.05) is 22.4 Å². The van der Waals surface area contributed by atoms with E-state index in [-0.39, 0.29) is 24.0 Å². The molecule has 2 fully saturated rings. The van der Waals surface area contributed by atoms with Crippen LogP contribution in [0.3, 0.4) is 0 Å². The Morgan fingerprint density at radius 3 is 2.48 bits per heavy atom. The van der Waals surface area contributed by atoms with E-state index in [2.05, 4.69) is 24.1 Å². The van der Waals surface area contributed by atoms with Crippen molar-refractivity contribution < 1.29 is 14.3 Å². The van der Waals surface area contributed by atoms with Crippen LogP contribution in [0.4, 0.5) is 5.69 Å². The van der Waals surface area contributed by atoms with Gasteiger partial charge in [-0.05, 0) is 56.2 Å². The van der Waals surface area contributed by atoms with Crippen LogP contribution in [0.2, 0.25) is 0 Å². The van der Waals surface area contributed by atoms with Crippen molar-refractivity contribution >= 4 is 28.8 Å². The third kappa shape index (κ3) is 5.53. The summed E-state index contributed by atoms with van der Waals surface area (Å²) in [6, 6.07) is 9.07. The number of nitrogens with one attached hydrogen (secondary N) is 1. The fourth-order valence-electron chi connectivity index (χ4n) is 4.65. The summed E-state index contributed by atoms with van der Waals surface area (Å²) in [7, 11) is 0. The monoisotopic (exact) mass is 441 g/mol. The van der Waals surface area contributed by atoms with Crippen LogP contribution in [0.25, 0.3) is 0 Å². The van der Waals surface area contributed by atoms with E-state index < -0.39 is 0 Å². The molecule has 0 bridgehead atoms. The molecule has 0 saturated carbocycles. The molecule has 31 heavy (non-hydrogen) atoms. The quantitative estimate of drug-likeness (QED) is 0.763. The van der Waals surface area contributed by atoms with E-state index in [0.29, 0.717) is 22.7 Å². The summed E-state index contributed by atoms with van der Waals surface area (Å²) in [4.78, 5) is 30.1. The van der Waals surface area contributed by atoms with Gasteiger partial charge < -0.3 is 15.0 Å². The molecule has 0 spiro atoms. The molecular formula is C24H31N3O3S. The summed E-state index contributed by atoms with van der Waals surface area (Å²) in [6.45, 7) is 8.84. The number of ether oxygens (including phenoxy) is 1. The number of thiophene rings is 1. The number of morpholine rings is 1. The van der Waals surface area contributed by atoms with Crippen LogP contribution in [0.5, 0.6) is 0 Å². The number of amides is 2. The van der Waals surface area contributed by atoms with E-state index >= 15 is 0 Å². The Morgan fingerprint density at radius 2 is 1.81 bits per heavy atom. The number of hydrogen-bond acceptors (Lipinski definition) is 5. The van der Waals surface area contributed by atoms with E-state index in [1.54, 1.807) is 23.6 Å². The first-order valence-electron chi connectivity index (χ1n) is 11.1. The van der Waals surface area contributed by atoms with E-state index in [1.165, 1.54) is 11.3 Å². The number of anilines is 1. The van der Waals surface area contributed by atoms with Gasteiger partial charge in [-0.1, -0.05) is 12.1 Å². The minimum absolute atomic E-state index is 0.00622. The van der Waals surface area contributed by atoms with Gasteiger partial charge in [-0.15, -0.1) is 0 Å². The van der Waals surface area contributed by atoms with Gasteiger partial charge in [0, 0.05) is 38.1 Å². The van der Waals surface area contributed by atoms with Crippen LogP contribution in [0.15, 0.2) is 41.1 Å². The molecule has 2 unspecified atom stereocenters. The van der Waals surface area contributed by atoms with Crippen LogP contribution in [-0.2, 0) is 4.74 Å². The van der Waals surface area contributed by atoms with Gasteiger partial charge in [0.1, 0.15) is 0 Å². The second kappa shape index (κ2) is 9.94. The first-order chi connectivity index (χ1) is 15.0. The third-order valence-electron chi connectivity index (χ3n) is 6.10. The standard InChI is InChI=1S/C24H31N3O3S/c1-17-13-26(14-18(2)30-17)15-19-7-10-27(11-8-19)24(29)21-5-3-4-6-22(21)25-23(28)20-9-12-31-16-20/h3-6,9,12,16-19H,7-8,10-11,13-15H2,1-2H3,(H,25,28). The molecule has 6 nitrogen and oxygen atoms in total. The number of piperidine rings is 1. The molecule has 3 heterocycles. The van der Waals surface area contributed by atoms with E-state index in [9.17, 15) is 9.59 Å². The number of rotatable bonds is 5. The maximum absolute atomic E-state index is 13.2. The molecule has 2 aliphatic rings. The van der Waals surface area contributed by atoms with Crippen molar-refractivity contribution in [1.82, 2.24) is 9.80 Å². The topological polar surface area (TPSA) is 61.9 Å². The minimum atomic E-state index is -0.186. The number of carbonyl (C=O) groups is 2. The van der Waals surface area contributed by atoms with Gasteiger partial charge in [-0.2, -0.15) is 11.3 Å². The number of likely N-dealkylation sites (tertiary alicyclic amines) is 1. The SMILES string of the molecule is CC1CN(CC2CCN(C(=O)c3ccccc3NC(=O)c3ccsc3)CC2)CC(C)O1. The highest BCUT2D eigenvalue weighted by molar-refractivity contribution is 7.08. The Bertz CT molecular complexity index is 883. The van der Waals surface area contributed by atoms with Crippen molar-refractivity contribution in [2.24, 2.45) is 5.92 Å². The van der Waals surface area contributed by atoms with E-state index in [4.69, 9.17) is 4.74 Å². The molecule has 1 aromatic heterocycles. The van der Waals surface area contributed by atoms with Gasteiger partial charge >= 0.3 is 0 Å². The predicted molar refractivity (Wildman–Crippen MR) is 124 cm³/mol. The summed E-state index contributed by atoms with van der Waals surface area (Å²) in [5.41, 5.74) is 1.74. The molecule has 2 amide bonds. The zero-order valence-electron chi connectivity index (χ0n) is 18.3. The van der Waals surface area contributed by atoms with Gasteiger partial charge in [0.2, 0.25) is 0 Å². The fourth-order valence-corrected chi connectivity index (χ4v) is 5.29. The fraction of sp³-hybridized carbons (Fsp3) is 0.500. The summed E-state index contributed by atoms with van der Waals surface area (Å²) in [5.74, 6) is 0.414. The highest BCUT2D eigenvalue weighted by Gasteiger charge is 2.29. The molecule has 7 heteroatoms. The minimum Gasteiger partial charge on any atom is -0.373 e. The Kier molecular flexibility index (Phi) is 7.05. The average molecular weight is 442 g/mol. The Labute approximate surface area is 188 Å². The predicted octanol–water partition coefficient (Wildman–Crippen LogP) is 3.96. The number of carbonyl (C=O) groups excluding carboxylic acids is 2. The molecule has 166 valence electrons. The lowest BCUT2D eigenvalue weighted by Crippen LogP contribution is -2.48. The molecule has 4 rings (SSSR count). The molecule has 2 aliphatic heterocycles. The summed E-state index contributed by atoms with van der Waals surface area (Å²) < 4.78 is 5.84. The second-order valence-corrected chi connectivity index (χ2v) is 9.50. The molecule has 1 N–H and O–H groups in total. The van der Waals surface area contributed by atoms with Crippen molar-refractivity contribution in [3.63, 3.8) is 0 Å². The maximum atomic E-state index is 13.2. The summed E-state index contributed by atoms with van der Waals surface area (Å²) in [5, 5.41) is 6.58. The molecule has 0 aliphatic carbocycles. The smallest absolute Gasteiger partial charge is 0.256 e. The molecule has 1 aromatic carbocycles. The zero-order valence-corrected chi connectivity index (χ0v) is 19.1. The third-order valence-corrected chi connectivity index (χ3v) is 6.79. The van der Waals surface area contributed by atoms with E-state index in [0.717, 1.165) is 45.6 Å². The van der Waals surface area contributed by atoms with Gasteiger partial charge in [0.25, 0.3) is 11.8 Å². The Hall–Kier alpha value is -2.22. The molecule has 0 radical (unpaired) electrons. The lowest BCUT2D eigenvalue weighted by molar-refractivity contribution is -0.0728. The van der Waals surface area contributed by atoms with Gasteiger partial charge in [-0.25, -0.2) is 0 Å². The van der Waals surface area contributed by atoms with Crippen LogP contribution in [0.1, 0.15) is 47.4 Å². The molecular weight excluding hydrogens is 410 g/mol. The van der Waals surface area contributed by atoms with Gasteiger partial charge in [0.05, 0.1) is 29.0 Å². The second-order valence-electron chi connectivity index (χ2n) is 8.72. The summed E-state index contributed by atoms with van der Waals surface area (Å²) in [6.07, 6.45) is 2.59. The lowest BCUT2D eigenvalue weighted by Gasteiger charge is -2.39. The van der Waals surface area contributed by atoms with Crippen molar-refractivity contribution in [1.29, 1.82) is 0 Å². The Balaban J connectivity index is 1.34. The van der Waals surface area contributed by atoms with Crippen LogP contribution in [-0.4, -0.2) is 66.5 Å². The normalized spacial score (nSPS) is 23.0. The highest BCUT2D eigenvalue weighted by atomic mass is 32.1. The average Bonchev–Trinajstić information content (AvgIpc) is 3.29. The number of hydrogen-bond donors (Lipinski definition) is 1. The highest BCUT2D eigenvalue weighted by Crippen LogP contribution is 2.25. The molecule has 2 aromatic rings. The first-order valence-corrected chi connectivity index (χ1v) is 12.0. The maximum Gasteiger partial charge on any atom is 0.256 e. The van der Waals surface area contributed by atoms with Gasteiger partial charge in [0.15, 0.2) is 0 Å². The van der Waals surface area contributed by atoms with Crippen molar-refractivity contribution in [2.75, 3.05) is 38.0 Å². The number of benzene rings is 1. The first kappa shape index (κ1) is 22.0.